The molecule has 0 aromatic rings. The van der Waals surface area contributed by atoms with E-state index in [2.05, 4.69) is 41.5 Å². The van der Waals surface area contributed by atoms with Gasteiger partial charge in [-0.05, 0) is 37.5 Å². The Morgan fingerprint density at radius 3 is 0.716 bits per heavy atom. The van der Waals surface area contributed by atoms with Gasteiger partial charge in [-0.1, -0.05) is 343 Å². The van der Waals surface area contributed by atoms with Gasteiger partial charge in [0.15, 0.2) is 12.2 Å². The predicted molar refractivity (Wildman–Crippen MR) is 386 cm³/mol. The minimum Gasteiger partial charge on any atom is -0.462 e. The van der Waals surface area contributed by atoms with Crippen LogP contribution in [-0.2, 0) is 65.4 Å². The molecule has 19 heteroatoms. The lowest BCUT2D eigenvalue weighted by Gasteiger charge is -2.21. The Hall–Kier alpha value is -1.94. The Balaban J connectivity index is 5.17. The monoisotopic (exact) mass is 1400 g/mol. The lowest BCUT2D eigenvalue weighted by Crippen LogP contribution is -2.30. The van der Waals surface area contributed by atoms with Crippen LogP contribution in [0.3, 0.4) is 0 Å². The average Bonchev–Trinajstić information content (AvgIpc) is 2.49. The fourth-order valence-electron chi connectivity index (χ4n) is 11.7. The van der Waals surface area contributed by atoms with E-state index in [0.29, 0.717) is 25.7 Å². The van der Waals surface area contributed by atoms with Crippen molar-refractivity contribution in [1.29, 1.82) is 0 Å². The number of hydrogen-bond donors (Lipinski definition) is 3. The zero-order chi connectivity index (χ0) is 70.0. The van der Waals surface area contributed by atoms with Crippen molar-refractivity contribution in [2.24, 2.45) is 11.8 Å². The minimum absolute atomic E-state index is 0.105. The fourth-order valence-corrected chi connectivity index (χ4v) is 13.2. The quantitative estimate of drug-likeness (QED) is 0.0222. The van der Waals surface area contributed by atoms with E-state index in [0.717, 1.165) is 115 Å². The van der Waals surface area contributed by atoms with Crippen LogP contribution < -0.4 is 0 Å². The Morgan fingerprint density at radius 2 is 0.484 bits per heavy atom. The van der Waals surface area contributed by atoms with Gasteiger partial charge in [-0.2, -0.15) is 0 Å². The van der Waals surface area contributed by atoms with Crippen molar-refractivity contribution >= 4 is 39.5 Å². The van der Waals surface area contributed by atoms with Gasteiger partial charge in [0.2, 0.25) is 0 Å². The Bertz CT molecular complexity index is 1840. The van der Waals surface area contributed by atoms with Gasteiger partial charge in [0.25, 0.3) is 0 Å². The number of carbonyl (C=O) groups is 4. The largest absolute Gasteiger partial charge is 0.472 e. The highest BCUT2D eigenvalue weighted by molar-refractivity contribution is 7.47. The van der Waals surface area contributed by atoms with E-state index in [-0.39, 0.29) is 25.7 Å². The molecule has 2 unspecified atom stereocenters. The molecule has 564 valence electrons. The number of phosphoric ester groups is 2. The van der Waals surface area contributed by atoms with E-state index in [1.54, 1.807) is 0 Å². The number of esters is 4. The molecule has 0 amide bonds. The highest BCUT2D eigenvalue weighted by atomic mass is 31.2. The fraction of sp³-hybridized carbons (Fsp3) is 0.947. The van der Waals surface area contributed by atoms with Crippen molar-refractivity contribution in [3.05, 3.63) is 0 Å². The van der Waals surface area contributed by atoms with E-state index < -0.39 is 97.5 Å². The first-order valence-corrected chi connectivity index (χ1v) is 42.5. The second kappa shape index (κ2) is 67.9. The molecule has 5 atom stereocenters. The van der Waals surface area contributed by atoms with E-state index in [1.807, 2.05) is 0 Å². The average molecular weight is 1400 g/mol. The lowest BCUT2D eigenvalue weighted by atomic mass is 10.0. The Kier molecular flexibility index (Phi) is 66.5. The van der Waals surface area contributed by atoms with Crippen LogP contribution in [0.5, 0.6) is 0 Å². The van der Waals surface area contributed by atoms with Gasteiger partial charge >= 0.3 is 39.5 Å². The van der Waals surface area contributed by atoms with E-state index >= 15 is 0 Å². The molecule has 0 aromatic heterocycles. The first kappa shape index (κ1) is 93.1. The van der Waals surface area contributed by atoms with Crippen LogP contribution in [0.1, 0.15) is 395 Å². The van der Waals surface area contributed by atoms with Crippen molar-refractivity contribution in [2.45, 2.75) is 413 Å². The number of carbonyl (C=O) groups excluding carboxylic acids is 4. The summed E-state index contributed by atoms with van der Waals surface area (Å²) in [5, 5.41) is 10.6. The lowest BCUT2D eigenvalue weighted by molar-refractivity contribution is -0.161. The van der Waals surface area contributed by atoms with Crippen molar-refractivity contribution in [1.82, 2.24) is 0 Å². The number of unbranched alkanes of at least 4 members (excludes halogenated alkanes) is 45. The molecule has 0 radical (unpaired) electrons. The van der Waals surface area contributed by atoms with Gasteiger partial charge in [0.1, 0.15) is 19.3 Å². The first-order chi connectivity index (χ1) is 45.9. The first-order valence-electron chi connectivity index (χ1n) is 39.5. The molecule has 0 aliphatic heterocycles. The van der Waals surface area contributed by atoms with Crippen LogP contribution in [0.4, 0.5) is 0 Å². The number of aliphatic hydroxyl groups is 1. The standard InChI is InChI=1S/C76H148O17P2/c1-7-9-11-13-15-16-17-18-23-27-30-35-41-47-53-59-74(79)87-65-72(93-75(80)60-54-48-42-36-31-28-25-22-20-19-21-24-26-29-33-39-44-50-56-68(3)4)67-91-95(84,85)89-63-70(77)62-88-94(82,83)90-66-71(64-86-73(78)58-52-46-38-14-12-10-8-2)92-76(81)61-55-49-43-37-32-34-40-45-51-57-69(5)6/h68-72,77H,7-67H2,1-6H3,(H,82,83)(H,84,85)/t70-,71+,72+/m0/s1. The molecule has 0 heterocycles. The molecule has 0 bridgehead atoms. The normalized spacial score (nSPS) is 14.0. The SMILES string of the molecule is CCCCCCCCCCCCCCCCCC(=O)OC[C@H](COP(=O)(O)OC[C@@H](O)COP(=O)(O)OC[C@@H](COC(=O)CCCCCCCCC)OC(=O)CCCCCCCCCCCC(C)C)OC(=O)CCCCCCCCCCCCCCCCCCCCC(C)C. The van der Waals surface area contributed by atoms with Crippen molar-refractivity contribution in [3.63, 3.8) is 0 Å². The van der Waals surface area contributed by atoms with Crippen LogP contribution >= 0.6 is 15.6 Å². The van der Waals surface area contributed by atoms with Crippen LogP contribution in [0.15, 0.2) is 0 Å². The van der Waals surface area contributed by atoms with E-state index in [1.165, 1.54) is 199 Å². The highest BCUT2D eigenvalue weighted by Crippen LogP contribution is 2.45. The third kappa shape index (κ3) is 70.3. The van der Waals surface area contributed by atoms with E-state index in [9.17, 15) is 43.2 Å². The molecule has 17 nitrogen and oxygen atoms in total. The summed E-state index contributed by atoms with van der Waals surface area (Å²) < 4.78 is 68.4. The number of hydrogen-bond acceptors (Lipinski definition) is 15. The molecule has 0 spiro atoms. The minimum atomic E-state index is -4.96. The van der Waals surface area contributed by atoms with Crippen LogP contribution in [0.25, 0.3) is 0 Å². The maximum absolute atomic E-state index is 13.1. The maximum atomic E-state index is 13.1. The number of ether oxygens (including phenoxy) is 4. The third-order valence-corrected chi connectivity index (χ3v) is 19.6. The van der Waals surface area contributed by atoms with Gasteiger partial charge in [-0.25, -0.2) is 9.13 Å². The molecule has 0 rings (SSSR count). The highest BCUT2D eigenvalue weighted by Gasteiger charge is 2.30. The molecule has 0 saturated heterocycles. The van der Waals surface area contributed by atoms with Gasteiger partial charge < -0.3 is 33.8 Å². The summed E-state index contributed by atoms with van der Waals surface area (Å²) in [4.78, 5) is 72.6. The zero-order valence-electron chi connectivity index (χ0n) is 62.0. The van der Waals surface area contributed by atoms with Crippen molar-refractivity contribution in [2.75, 3.05) is 39.6 Å². The summed E-state index contributed by atoms with van der Waals surface area (Å²) in [6.07, 6.45) is 55.7. The Labute approximate surface area is 581 Å². The molecule has 3 N–H and O–H groups in total. The topological polar surface area (TPSA) is 237 Å². The molecule has 0 fully saturated rings. The summed E-state index contributed by atoms with van der Waals surface area (Å²) >= 11 is 0. The van der Waals surface area contributed by atoms with Gasteiger partial charge in [0, 0.05) is 25.7 Å². The summed E-state index contributed by atoms with van der Waals surface area (Å²) in [7, 11) is -9.90. The molecule has 95 heavy (non-hydrogen) atoms. The number of phosphoric acid groups is 2. The molecule has 0 aliphatic carbocycles. The molecule has 0 aliphatic rings. The second-order valence-corrected chi connectivity index (χ2v) is 31.3. The van der Waals surface area contributed by atoms with Crippen LogP contribution in [0.2, 0.25) is 0 Å². The molecular formula is C76H148O17P2. The molecule has 0 aromatic carbocycles. The van der Waals surface area contributed by atoms with Crippen LogP contribution in [-0.4, -0.2) is 96.7 Å². The summed E-state index contributed by atoms with van der Waals surface area (Å²) in [6.45, 7) is 9.57. The van der Waals surface area contributed by atoms with E-state index in [4.69, 9.17) is 37.0 Å². The smallest absolute Gasteiger partial charge is 0.462 e. The second-order valence-electron chi connectivity index (χ2n) is 28.3. The zero-order valence-corrected chi connectivity index (χ0v) is 63.8. The molecular weight excluding hydrogens is 1250 g/mol. The van der Waals surface area contributed by atoms with Crippen molar-refractivity contribution in [3.8, 4) is 0 Å². The summed E-state index contributed by atoms with van der Waals surface area (Å²) in [6, 6.07) is 0. The van der Waals surface area contributed by atoms with Gasteiger partial charge in [0.05, 0.1) is 26.4 Å². The third-order valence-electron chi connectivity index (χ3n) is 17.7. The number of rotatable bonds is 75. The van der Waals surface area contributed by atoms with Gasteiger partial charge in [-0.15, -0.1) is 0 Å². The summed E-state index contributed by atoms with van der Waals surface area (Å²) in [5.41, 5.74) is 0. The van der Waals surface area contributed by atoms with Gasteiger partial charge in [-0.3, -0.25) is 37.3 Å². The summed E-state index contributed by atoms with van der Waals surface area (Å²) in [5.74, 6) is -0.563. The predicted octanol–water partition coefficient (Wildman–Crippen LogP) is 22.3. The Morgan fingerprint density at radius 1 is 0.284 bits per heavy atom. The van der Waals surface area contributed by atoms with Crippen LogP contribution in [0, 0.1) is 11.8 Å². The molecule has 0 saturated carbocycles. The number of aliphatic hydroxyl groups excluding tert-OH is 1. The van der Waals surface area contributed by atoms with Crippen molar-refractivity contribution < 1.29 is 80.2 Å². The maximum Gasteiger partial charge on any atom is 0.472 e.